The minimum Gasteiger partial charge on any atom is -0.300 e. The van der Waals surface area contributed by atoms with Crippen LogP contribution in [-0.4, -0.2) is 19.1 Å². The van der Waals surface area contributed by atoms with Gasteiger partial charge in [-0.3, -0.25) is 14.8 Å². The summed E-state index contributed by atoms with van der Waals surface area (Å²) in [5.74, 6) is 0. The summed E-state index contributed by atoms with van der Waals surface area (Å²) in [5, 5.41) is 0. The van der Waals surface area contributed by atoms with Gasteiger partial charge < -0.3 is 0 Å². The summed E-state index contributed by atoms with van der Waals surface area (Å²) in [6.45, 7) is 0. The number of fused-ring (bicyclic) bond motifs is 1. The van der Waals surface area contributed by atoms with Crippen LogP contribution in [0.1, 0.15) is 0 Å². The predicted octanol–water partition coefficient (Wildman–Crippen LogP) is 1.16. The van der Waals surface area contributed by atoms with Gasteiger partial charge in [0, 0.05) is 0 Å². The van der Waals surface area contributed by atoms with Crippen LogP contribution in [0.25, 0.3) is 22.5 Å². The third-order valence-corrected chi connectivity index (χ3v) is 3.76. The Kier molecular flexibility index (Phi) is 3.06. The number of hydrogen-bond donors (Lipinski definition) is 2. The van der Waals surface area contributed by atoms with E-state index in [2.05, 4.69) is 9.97 Å². The maximum absolute atomic E-state index is 13.0. The Morgan fingerprint density at radius 2 is 1.21 bits per heavy atom. The van der Waals surface area contributed by atoms with Crippen LogP contribution in [-0.2, 0) is 0 Å². The molecule has 0 unspecified atom stereocenters. The highest BCUT2D eigenvalue weighted by atomic mass is 16.2. The van der Waals surface area contributed by atoms with E-state index in [1.54, 1.807) is 54.6 Å². The lowest BCUT2D eigenvalue weighted by Crippen LogP contribution is -2.38. The normalized spacial score (nSPS) is 11.0. The fourth-order valence-corrected chi connectivity index (χ4v) is 2.71. The first kappa shape index (κ1) is 14.0. The van der Waals surface area contributed by atoms with Crippen molar-refractivity contribution in [3.8, 4) is 11.4 Å². The molecule has 4 rings (SSSR count). The summed E-state index contributed by atoms with van der Waals surface area (Å²) < 4.78 is 2.35. The zero-order valence-electron chi connectivity index (χ0n) is 12.4. The van der Waals surface area contributed by atoms with Crippen molar-refractivity contribution >= 4 is 11.2 Å². The number of nitrogens with one attached hydrogen (secondary N) is 2. The summed E-state index contributed by atoms with van der Waals surface area (Å²) in [4.78, 5) is 42.4. The quantitative estimate of drug-likeness (QED) is 0.580. The van der Waals surface area contributed by atoms with Crippen LogP contribution >= 0.6 is 0 Å². The number of rotatable bonds is 2. The van der Waals surface area contributed by atoms with Gasteiger partial charge in [0.2, 0.25) is 0 Å². The van der Waals surface area contributed by atoms with Crippen molar-refractivity contribution in [2.75, 3.05) is 0 Å². The number of imidazole rings is 1. The highest BCUT2D eigenvalue weighted by Gasteiger charge is 2.17. The summed E-state index contributed by atoms with van der Waals surface area (Å²) in [5.41, 5.74) is -0.502. The average Bonchev–Trinajstić information content (AvgIpc) is 2.98. The number of aromatic nitrogens is 4. The van der Waals surface area contributed by atoms with E-state index in [0.717, 1.165) is 4.57 Å². The second-order valence-electron chi connectivity index (χ2n) is 5.23. The van der Waals surface area contributed by atoms with Gasteiger partial charge in [0.05, 0.1) is 11.4 Å². The molecule has 0 saturated heterocycles. The van der Waals surface area contributed by atoms with Crippen LogP contribution in [0.5, 0.6) is 0 Å². The Bertz CT molecular complexity index is 1200. The minimum absolute atomic E-state index is 0.0484. The van der Waals surface area contributed by atoms with Crippen LogP contribution in [0, 0.1) is 0 Å². The first-order chi connectivity index (χ1) is 11.7. The van der Waals surface area contributed by atoms with Crippen molar-refractivity contribution in [1.29, 1.82) is 0 Å². The minimum atomic E-state index is -0.577. The zero-order valence-corrected chi connectivity index (χ0v) is 12.4. The monoisotopic (exact) mass is 320 g/mol. The molecule has 7 nitrogen and oxygen atoms in total. The lowest BCUT2D eigenvalue weighted by Gasteiger charge is -2.11. The Morgan fingerprint density at radius 1 is 0.667 bits per heavy atom. The van der Waals surface area contributed by atoms with E-state index in [-0.39, 0.29) is 11.2 Å². The average molecular weight is 320 g/mol. The molecular formula is C17H12N4O3. The van der Waals surface area contributed by atoms with E-state index in [4.69, 9.17) is 0 Å². The van der Waals surface area contributed by atoms with E-state index in [1.807, 2.05) is 6.07 Å². The number of H-pyrrole nitrogens is 2. The molecule has 0 atom stereocenters. The summed E-state index contributed by atoms with van der Waals surface area (Å²) >= 11 is 0. The summed E-state index contributed by atoms with van der Waals surface area (Å²) in [6.07, 6.45) is 0. The van der Waals surface area contributed by atoms with Crippen LogP contribution < -0.4 is 16.9 Å². The SMILES string of the molecule is O=c1[nH]c2c(=O)n(-c3ccccc3)c(=O)n(-c3ccccc3)c2[nH]1. The molecule has 24 heavy (non-hydrogen) atoms. The van der Waals surface area contributed by atoms with Gasteiger partial charge in [-0.05, 0) is 24.3 Å². The van der Waals surface area contributed by atoms with E-state index < -0.39 is 16.9 Å². The third-order valence-electron chi connectivity index (χ3n) is 3.76. The van der Waals surface area contributed by atoms with Gasteiger partial charge in [-0.2, -0.15) is 0 Å². The molecule has 0 aliphatic rings. The van der Waals surface area contributed by atoms with Gasteiger partial charge in [0.15, 0.2) is 11.2 Å². The van der Waals surface area contributed by atoms with Gasteiger partial charge in [-0.1, -0.05) is 36.4 Å². The largest absolute Gasteiger partial charge is 0.341 e. The number of aromatic amines is 2. The van der Waals surface area contributed by atoms with Crippen molar-refractivity contribution < 1.29 is 0 Å². The Morgan fingerprint density at radius 3 is 1.79 bits per heavy atom. The highest BCUT2D eigenvalue weighted by molar-refractivity contribution is 5.71. The van der Waals surface area contributed by atoms with E-state index in [1.165, 1.54) is 4.57 Å². The highest BCUT2D eigenvalue weighted by Crippen LogP contribution is 2.11. The van der Waals surface area contributed by atoms with Gasteiger partial charge in [0.1, 0.15) is 0 Å². The standard InChI is InChI=1S/C17H12N4O3/c22-15-13-14(19-16(23)18-13)20(11-7-3-1-4-8-11)17(24)21(15)12-9-5-2-6-10-12/h1-10H,(H2,18,19,23). The second-order valence-corrected chi connectivity index (χ2v) is 5.23. The molecule has 2 aromatic heterocycles. The maximum Gasteiger partial charge on any atom is 0.341 e. The second kappa shape index (κ2) is 5.24. The fourth-order valence-electron chi connectivity index (χ4n) is 2.71. The summed E-state index contributed by atoms with van der Waals surface area (Å²) in [7, 11) is 0. The molecule has 2 N–H and O–H groups in total. The molecule has 0 radical (unpaired) electrons. The Hall–Kier alpha value is -3.61. The fraction of sp³-hybridized carbons (Fsp3) is 0. The first-order valence-electron chi connectivity index (χ1n) is 7.28. The van der Waals surface area contributed by atoms with Crippen molar-refractivity contribution in [3.63, 3.8) is 0 Å². The first-order valence-corrected chi connectivity index (χ1v) is 7.28. The topological polar surface area (TPSA) is 92.7 Å². The summed E-state index contributed by atoms with van der Waals surface area (Å²) in [6, 6.07) is 17.4. The molecule has 4 aromatic rings. The molecule has 0 bridgehead atoms. The predicted molar refractivity (Wildman–Crippen MR) is 90.1 cm³/mol. The Labute approximate surface area is 134 Å². The third kappa shape index (κ3) is 2.03. The van der Waals surface area contributed by atoms with Crippen molar-refractivity contribution in [2.24, 2.45) is 0 Å². The van der Waals surface area contributed by atoms with Crippen LogP contribution in [0.2, 0.25) is 0 Å². The van der Waals surface area contributed by atoms with Crippen molar-refractivity contribution in [2.45, 2.75) is 0 Å². The lowest BCUT2D eigenvalue weighted by molar-refractivity contribution is 0.828. The van der Waals surface area contributed by atoms with Crippen molar-refractivity contribution in [3.05, 3.63) is 92.0 Å². The zero-order chi connectivity index (χ0) is 16.7. The molecule has 0 fully saturated rings. The molecule has 7 heteroatoms. The molecule has 0 spiro atoms. The van der Waals surface area contributed by atoms with Crippen molar-refractivity contribution in [1.82, 2.24) is 19.1 Å². The van der Waals surface area contributed by atoms with Gasteiger partial charge in [0.25, 0.3) is 5.56 Å². The number of hydrogen-bond acceptors (Lipinski definition) is 3. The molecule has 0 saturated carbocycles. The number of benzene rings is 2. The van der Waals surface area contributed by atoms with Crippen LogP contribution in [0.3, 0.4) is 0 Å². The molecule has 0 aliphatic carbocycles. The molecular weight excluding hydrogens is 308 g/mol. The molecule has 0 aliphatic heterocycles. The van der Waals surface area contributed by atoms with Gasteiger partial charge in [-0.15, -0.1) is 0 Å². The van der Waals surface area contributed by atoms with Gasteiger partial charge >= 0.3 is 11.4 Å². The Balaban J connectivity index is 2.22. The smallest absolute Gasteiger partial charge is 0.300 e. The van der Waals surface area contributed by atoms with E-state index in [0.29, 0.717) is 11.4 Å². The lowest BCUT2D eigenvalue weighted by atomic mass is 10.3. The number of para-hydroxylation sites is 2. The van der Waals surface area contributed by atoms with Crippen LogP contribution in [0.4, 0.5) is 0 Å². The molecule has 118 valence electrons. The number of nitrogens with zero attached hydrogens (tertiary/aromatic N) is 2. The maximum atomic E-state index is 13.0. The molecule has 2 aromatic carbocycles. The molecule has 0 amide bonds. The van der Waals surface area contributed by atoms with E-state index >= 15 is 0 Å². The van der Waals surface area contributed by atoms with E-state index in [9.17, 15) is 14.4 Å². The molecule has 2 heterocycles. The van der Waals surface area contributed by atoms with Crippen LogP contribution in [0.15, 0.2) is 75.0 Å². The van der Waals surface area contributed by atoms with Gasteiger partial charge in [-0.25, -0.2) is 18.7 Å².